The van der Waals surface area contributed by atoms with Crippen LogP contribution in [0.5, 0.6) is 5.75 Å². The number of halogens is 2. The van der Waals surface area contributed by atoms with Gasteiger partial charge in [0.05, 0.1) is 10.6 Å². The lowest BCUT2D eigenvalue weighted by Gasteiger charge is -2.22. The molecular formula is C25H23F2NO5S. The van der Waals surface area contributed by atoms with Crippen LogP contribution in [0.1, 0.15) is 25.0 Å². The normalized spacial score (nSPS) is 14.7. The first-order valence-electron chi connectivity index (χ1n) is 10.5. The third-order valence-corrected chi connectivity index (χ3v) is 7.61. The van der Waals surface area contributed by atoms with Gasteiger partial charge in [0, 0.05) is 17.5 Å². The van der Waals surface area contributed by atoms with E-state index in [1.807, 2.05) is 13.8 Å². The summed E-state index contributed by atoms with van der Waals surface area (Å²) in [5.41, 5.74) is 1.64. The molecule has 0 saturated carbocycles. The summed E-state index contributed by atoms with van der Waals surface area (Å²) in [6.07, 6.45) is 0. The van der Waals surface area contributed by atoms with Crippen molar-refractivity contribution in [3.8, 4) is 16.9 Å². The van der Waals surface area contributed by atoms with Crippen molar-refractivity contribution in [3.63, 3.8) is 0 Å². The Morgan fingerprint density at radius 3 is 2.50 bits per heavy atom. The summed E-state index contributed by atoms with van der Waals surface area (Å²) in [4.78, 5) is 10.8. The number of sulfonamides is 1. The second kappa shape index (κ2) is 8.39. The lowest BCUT2D eigenvalue weighted by molar-refractivity contribution is -0.139. The van der Waals surface area contributed by atoms with Crippen LogP contribution in [-0.2, 0) is 20.2 Å². The van der Waals surface area contributed by atoms with E-state index in [4.69, 9.17) is 9.84 Å². The number of hydrogen-bond acceptors (Lipinski definition) is 4. The first-order valence-corrected chi connectivity index (χ1v) is 11.9. The Kier molecular flexibility index (Phi) is 5.85. The summed E-state index contributed by atoms with van der Waals surface area (Å²) in [6.45, 7) is 5.05. The number of aryl methyl sites for hydroxylation is 1. The molecule has 4 rings (SSSR count). The standard InChI is InChI=1S/C25H23F2NO5S/c1-15-10-18(6-9-23(15)33-13-24(29)30)34(31,32)28-14-25(2,3)20-11-16(4-8-22(20)28)19-12-17(26)5-7-21(19)27/h4-12H,13-14H2,1-3H3,(H,29,30). The molecule has 0 atom stereocenters. The van der Waals surface area contributed by atoms with Crippen LogP contribution in [-0.4, -0.2) is 32.6 Å². The van der Waals surface area contributed by atoms with Crippen molar-refractivity contribution in [1.82, 2.24) is 0 Å². The van der Waals surface area contributed by atoms with Crippen molar-refractivity contribution in [2.45, 2.75) is 31.1 Å². The van der Waals surface area contributed by atoms with E-state index in [0.29, 0.717) is 22.4 Å². The zero-order valence-corrected chi connectivity index (χ0v) is 19.6. The fraction of sp³-hybridized carbons (Fsp3) is 0.240. The minimum atomic E-state index is -3.96. The molecule has 34 heavy (non-hydrogen) atoms. The molecule has 3 aromatic carbocycles. The molecule has 0 radical (unpaired) electrons. The van der Waals surface area contributed by atoms with Gasteiger partial charge in [-0.05, 0) is 72.1 Å². The summed E-state index contributed by atoms with van der Waals surface area (Å²) in [6, 6.07) is 12.4. The third kappa shape index (κ3) is 4.23. The number of carboxylic acids is 1. The van der Waals surface area contributed by atoms with E-state index < -0.39 is 39.6 Å². The number of anilines is 1. The van der Waals surface area contributed by atoms with Gasteiger partial charge >= 0.3 is 5.97 Å². The van der Waals surface area contributed by atoms with Crippen LogP contribution >= 0.6 is 0 Å². The Balaban J connectivity index is 1.73. The molecule has 3 aromatic rings. The smallest absolute Gasteiger partial charge is 0.341 e. The first kappa shape index (κ1) is 23.7. The SMILES string of the molecule is Cc1cc(S(=O)(=O)N2CC(C)(C)c3cc(-c4cc(F)ccc4F)ccc32)ccc1OCC(=O)O. The van der Waals surface area contributed by atoms with Crippen LogP contribution in [0, 0.1) is 18.6 Å². The van der Waals surface area contributed by atoms with Gasteiger partial charge in [0.15, 0.2) is 6.61 Å². The molecule has 1 N–H and O–H groups in total. The number of rotatable bonds is 6. The fourth-order valence-electron chi connectivity index (χ4n) is 4.14. The monoisotopic (exact) mass is 487 g/mol. The Hall–Kier alpha value is -3.46. The second-order valence-electron chi connectivity index (χ2n) is 8.86. The van der Waals surface area contributed by atoms with Crippen molar-refractivity contribution in [3.05, 3.63) is 77.4 Å². The number of nitrogens with zero attached hydrogens (tertiary/aromatic N) is 1. The van der Waals surface area contributed by atoms with Gasteiger partial charge in [0.2, 0.25) is 0 Å². The fourth-order valence-corrected chi connectivity index (χ4v) is 5.87. The third-order valence-electron chi connectivity index (χ3n) is 5.86. The predicted molar refractivity (Wildman–Crippen MR) is 124 cm³/mol. The number of aliphatic carboxylic acids is 1. The molecule has 0 aromatic heterocycles. The molecule has 9 heteroatoms. The van der Waals surface area contributed by atoms with Crippen molar-refractivity contribution >= 4 is 21.7 Å². The van der Waals surface area contributed by atoms with Gasteiger partial charge in [-0.15, -0.1) is 0 Å². The highest BCUT2D eigenvalue weighted by atomic mass is 32.2. The molecule has 1 heterocycles. The largest absolute Gasteiger partial charge is 0.482 e. The zero-order chi connectivity index (χ0) is 24.8. The van der Waals surface area contributed by atoms with E-state index in [9.17, 15) is 22.0 Å². The quantitative estimate of drug-likeness (QED) is 0.535. The van der Waals surface area contributed by atoms with Crippen molar-refractivity contribution < 1.29 is 31.8 Å². The molecule has 0 spiro atoms. The van der Waals surface area contributed by atoms with Gasteiger partial charge in [-0.1, -0.05) is 19.9 Å². The van der Waals surface area contributed by atoms with Crippen LogP contribution in [0.3, 0.4) is 0 Å². The summed E-state index contributed by atoms with van der Waals surface area (Å²) in [7, 11) is -3.96. The number of benzene rings is 3. The summed E-state index contributed by atoms with van der Waals surface area (Å²) in [5.74, 6) is -1.98. The number of ether oxygens (including phenoxy) is 1. The average molecular weight is 488 g/mol. The maximum Gasteiger partial charge on any atom is 0.341 e. The number of carbonyl (C=O) groups is 1. The van der Waals surface area contributed by atoms with E-state index in [2.05, 4.69) is 0 Å². The molecule has 6 nitrogen and oxygen atoms in total. The Morgan fingerprint density at radius 1 is 1.09 bits per heavy atom. The van der Waals surface area contributed by atoms with Gasteiger partial charge < -0.3 is 9.84 Å². The summed E-state index contributed by atoms with van der Waals surface area (Å²) >= 11 is 0. The molecule has 0 saturated heterocycles. The molecule has 1 aliphatic rings. The summed E-state index contributed by atoms with van der Waals surface area (Å²) in [5, 5.41) is 8.79. The molecule has 0 fully saturated rings. The van der Waals surface area contributed by atoms with Crippen LogP contribution in [0.2, 0.25) is 0 Å². The highest BCUT2D eigenvalue weighted by molar-refractivity contribution is 7.92. The second-order valence-corrected chi connectivity index (χ2v) is 10.7. The molecule has 0 unspecified atom stereocenters. The van der Waals surface area contributed by atoms with Crippen LogP contribution in [0.4, 0.5) is 14.5 Å². The maximum absolute atomic E-state index is 14.3. The summed E-state index contributed by atoms with van der Waals surface area (Å²) < 4.78 is 61.7. The van der Waals surface area contributed by atoms with Crippen molar-refractivity contribution in [2.75, 3.05) is 17.5 Å². The number of fused-ring (bicyclic) bond motifs is 1. The predicted octanol–water partition coefficient (Wildman–Crippen LogP) is 4.89. The van der Waals surface area contributed by atoms with E-state index in [1.54, 1.807) is 25.1 Å². The van der Waals surface area contributed by atoms with E-state index in [0.717, 1.165) is 18.2 Å². The number of carboxylic acid groups (broad SMARTS) is 1. The minimum Gasteiger partial charge on any atom is -0.482 e. The van der Waals surface area contributed by atoms with Crippen LogP contribution in [0.15, 0.2) is 59.5 Å². The Labute approximate surface area is 196 Å². The van der Waals surface area contributed by atoms with Gasteiger partial charge in [0.25, 0.3) is 10.0 Å². The lowest BCUT2D eigenvalue weighted by atomic mass is 9.85. The molecular weight excluding hydrogens is 464 g/mol. The highest BCUT2D eigenvalue weighted by Gasteiger charge is 2.41. The molecule has 178 valence electrons. The van der Waals surface area contributed by atoms with Gasteiger partial charge in [-0.25, -0.2) is 22.0 Å². The molecule has 0 amide bonds. The molecule has 0 aliphatic carbocycles. The number of hydrogen-bond donors (Lipinski definition) is 1. The zero-order valence-electron chi connectivity index (χ0n) is 18.8. The van der Waals surface area contributed by atoms with Gasteiger partial charge in [-0.2, -0.15) is 0 Å². The topological polar surface area (TPSA) is 83.9 Å². The van der Waals surface area contributed by atoms with Gasteiger partial charge in [0.1, 0.15) is 17.4 Å². The van der Waals surface area contributed by atoms with Crippen LogP contribution in [0.25, 0.3) is 11.1 Å². The molecule has 0 bridgehead atoms. The van der Waals surface area contributed by atoms with E-state index in [1.165, 1.54) is 22.5 Å². The van der Waals surface area contributed by atoms with Crippen LogP contribution < -0.4 is 9.04 Å². The van der Waals surface area contributed by atoms with Crippen molar-refractivity contribution in [1.29, 1.82) is 0 Å². The average Bonchev–Trinajstić information content (AvgIpc) is 3.05. The Bertz CT molecular complexity index is 1400. The van der Waals surface area contributed by atoms with E-state index >= 15 is 0 Å². The van der Waals surface area contributed by atoms with Crippen molar-refractivity contribution in [2.24, 2.45) is 0 Å². The minimum absolute atomic E-state index is 0.0385. The van der Waals surface area contributed by atoms with Gasteiger partial charge in [-0.3, -0.25) is 4.31 Å². The molecule has 1 aliphatic heterocycles. The Morgan fingerprint density at radius 2 is 1.82 bits per heavy atom. The highest BCUT2D eigenvalue weighted by Crippen LogP contribution is 2.45. The lowest BCUT2D eigenvalue weighted by Crippen LogP contribution is -2.34. The van der Waals surface area contributed by atoms with E-state index in [-0.39, 0.29) is 22.8 Å². The maximum atomic E-state index is 14.3. The first-order chi connectivity index (χ1) is 15.9.